The third-order valence-corrected chi connectivity index (χ3v) is 8.73. The van der Waals surface area contributed by atoms with Gasteiger partial charge in [-0.2, -0.15) is 4.31 Å². The zero-order valence-corrected chi connectivity index (χ0v) is 22.8. The molecule has 0 aliphatic carbocycles. The van der Waals surface area contributed by atoms with Crippen LogP contribution in [-0.2, 0) is 19.6 Å². The Morgan fingerprint density at radius 1 is 0.974 bits per heavy atom. The molecule has 0 atom stereocenters. The zero-order valence-electron chi connectivity index (χ0n) is 21.1. The number of amides is 1. The molecule has 0 saturated carbocycles. The number of aromatic nitrogens is 1. The van der Waals surface area contributed by atoms with Gasteiger partial charge in [0.15, 0.2) is 23.2 Å². The second kappa shape index (κ2) is 12.4. The van der Waals surface area contributed by atoms with Crippen LogP contribution in [-0.4, -0.2) is 63.5 Å². The molecule has 1 fully saturated rings. The second-order valence-electron chi connectivity index (χ2n) is 8.57. The summed E-state index contributed by atoms with van der Waals surface area (Å²) in [5.74, 6) is -0.130. The van der Waals surface area contributed by atoms with E-state index in [0.29, 0.717) is 35.4 Å². The Morgan fingerprint density at radius 2 is 1.66 bits per heavy atom. The van der Waals surface area contributed by atoms with Crippen LogP contribution in [0.15, 0.2) is 52.7 Å². The third kappa shape index (κ3) is 6.50. The van der Waals surface area contributed by atoms with Crippen molar-refractivity contribution in [3.8, 4) is 22.8 Å². The number of anilines is 1. The number of thiazole rings is 1. The largest absolute Gasteiger partial charge is 0.493 e. The lowest BCUT2D eigenvalue weighted by molar-refractivity contribution is -0.119. The number of benzene rings is 2. The maximum absolute atomic E-state index is 12.9. The molecule has 2 heterocycles. The van der Waals surface area contributed by atoms with E-state index in [0.717, 1.165) is 31.2 Å². The first-order valence-electron chi connectivity index (χ1n) is 12.1. The summed E-state index contributed by atoms with van der Waals surface area (Å²) in [6.45, 7) is 0.476. The molecule has 1 saturated heterocycles. The molecular formula is C26H29N3O7S2. The molecule has 202 valence electrons. The first-order valence-corrected chi connectivity index (χ1v) is 14.4. The van der Waals surface area contributed by atoms with Gasteiger partial charge < -0.3 is 14.2 Å². The van der Waals surface area contributed by atoms with Gasteiger partial charge >= 0.3 is 5.97 Å². The number of rotatable bonds is 9. The standard InChI is InChI=1S/C26H29N3O7S2/c1-34-22-12-9-19(15-23(22)35-2)21-17-37-26(27-21)28-24(30)16-36-25(31)18-7-10-20(11-8-18)38(32,33)29-13-5-3-4-6-14-29/h7-12,15,17H,3-6,13-14,16H2,1-2H3,(H,27,28,30). The number of methoxy groups -OCH3 is 2. The fourth-order valence-electron chi connectivity index (χ4n) is 4.02. The van der Waals surface area contributed by atoms with Gasteiger partial charge in [0, 0.05) is 24.0 Å². The van der Waals surface area contributed by atoms with Gasteiger partial charge in [-0.25, -0.2) is 18.2 Å². The summed E-state index contributed by atoms with van der Waals surface area (Å²) in [6, 6.07) is 10.9. The Kier molecular flexibility index (Phi) is 8.97. The zero-order chi connectivity index (χ0) is 27.1. The molecule has 1 aliphatic rings. The number of sulfonamides is 1. The van der Waals surface area contributed by atoms with Crippen molar-refractivity contribution in [2.45, 2.75) is 30.6 Å². The van der Waals surface area contributed by atoms with Crippen LogP contribution < -0.4 is 14.8 Å². The minimum absolute atomic E-state index is 0.128. The maximum atomic E-state index is 12.9. The lowest BCUT2D eigenvalue weighted by Crippen LogP contribution is -2.31. The van der Waals surface area contributed by atoms with Crippen molar-refractivity contribution in [3.05, 3.63) is 53.4 Å². The Bertz CT molecular complexity index is 1380. The average molecular weight is 560 g/mol. The summed E-state index contributed by atoms with van der Waals surface area (Å²) in [5, 5.41) is 4.74. The molecule has 2 aromatic carbocycles. The molecule has 3 aromatic rings. The Hall–Kier alpha value is -3.48. The lowest BCUT2D eigenvalue weighted by atomic mass is 10.1. The molecule has 4 rings (SSSR count). The van der Waals surface area contributed by atoms with Crippen LogP contribution in [0.4, 0.5) is 5.13 Å². The molecule has 12 heteroatoms. The summed E-state index contributed by atoms with van der Waals surface area (Å²) in [7, 11) is -0.518. The van der Waals surface area contributed by atoms with Crippen LogP contribution in [0.3, 0.4) is 0 Å². The summed E-state index contributed by atoms with van der Waals surface area (Å²) in [4.78, 5) is 29.3. The quantitative estimate of drug-likeness (QED) is 0.387. The van der Waals surface area contributed by atoms with Gasteiger partial charge in [-0.15, -0.1) is 11.3 Å². The van der Waals surface area contributed by atoms with Gasteiger partial charge in [0.05, 0.1) is 30.4 Å². The van der Waals surface area contributed by atoms with E-state index in [9.17, 15) is 18.0 Å². The summed E-state index contributed by atoms with van der Waals surface area (Å²) in [6.07, 6.45) is 3.71. The number of nitrogens with zero attached hydrogens (tertiary/aromatic N) is 2. The van der Waals surface area contributed by atoms with Crippen molar-refractivity contribution in [2.24, 2.45) is 0 Å². The number of nitrogens with one attached hydrogen (secondary N) is 1. The van der Waals surface area contributed by atoms with Crippen LogP contribution in [0, 0.1) is 0 Å². The highest BCUT2D eigenvalue weighted by molar-refractivity contribution is 7.89. The highest BCUT2D eigenvalue weighted by atomic mass is 32.2. The van der Waals surface area contributed by atoms with Crippen LogP contribution in [0.1, 0.15) is 36.0 Å². The molecular weight excluding hydrogens is 530 g/mol. The fourth-order valence-corrected chi connectivity index (χ4v) is 6.28. The molecule has 1 N–H and O–H groups in total. The number of carbonyl (C=O) groups is 2. The third-order valence-electron chi connectivity index (χ3n) is 6.06. The van der Waals surface area contributed by atoms with Crippen molar-refractivity contribution in [1.29, 1.82) is 0 Å². The molecule has 10 nitrogen and oxygen atoms in total. The van der Waals surface area contributed by atoms with E-state index < -0.39 is 28.5 Å². The average Bonchev–Trinajstić information content (AvgIpc) is 3.21. The van der Waals surface area contributed by atoms with Crippen LogP contribution >= 0.6 is 11.3 Å². The van der Waals surface area contributed by atoms with Gasteiger partial charge in [-0.05, 0) is 55.3 Å². The first-order chi connectivity index (χ1) is 18.3. The fraction of sp³-hybridized carbons (Fsp3) is 0.346. The van der Waals surface area contributed by atoms with Crippen LogP contribution in [0.5, 0.6) is 11.5 Å². The topological polar surface area (TPSA) is 124 Å². The smallest absolute Gasteiger partial charge is 0.338 e. The second-order valence-corrected chi connectivity index (χ2v) is 11.4. The Balaban J connectivity index is 1.31. The summed E-state index contributed by atoms with van der Waals surface area (Å²) >= 11 is 1.23. The summed E-state index contributed by atoms with van der Waals surface area (Å²) < 4.78 is 43.0. The maximum Gasteiger partial charge on any atom is 0.338 e. The van der Waals surface area contributed by atoms with Gasteiger partial charge in [0.1, 0.15) is 0 Å². The van der Waals surface area contributed by atoms with Crippen molar-refractivity contribution in [3.63, 3.8) is 0 Å². The Morgan fingerprint density at radius 3 is 2.32 bits per heavy atom. The van der Waals surface area contributed by atoms with Gasteiger partial charge in [-0.3, -0.25) is 10.1 Å². The van der Waals surface area contributed by atoms with E-state index in [-0.39, 0.29) is 10.5 Å². The van der Waals surface area contributed by atoms with E-state index in [1.807, 2.05) is 6.07 Å². The minimum atomic E-state index is -3.62. The number of hydrogen-bond acceptors (Lipinski definition) is 9. The van der Waals surface area contributed by atoms with Crippen molar-refractivity contribution in [1.82, 2.24) is 9.29 Å². The first kappa shape index (κ1) is 27.6. The molecule has 1 amide bonds. The van der Waals surface area contributed by atoms with Crippen LogP contribution in [0.25, 0.3) is 11.3 Å². The number of hydrogen-bond donors (Lipinski definition) is 1. The van der Waals surface area contributed by atoms with Crippen molar-refractivity contribution in [2.75, 3.05) is 39.2 Å². The minimum Gasteiger partial charge on any atom is -0.493 e. The lowest BCUT2D eigenvalue weighted by Gasteiger charge is -2.19. The van der Waals surface area contributed by atoms with Gasteiger partial charge in [-0.1, -0.05) is 12.8 Å². The van der Waals surface area contributed by atoms with Gasteiger partial charge in [0.25, 0.3) is 5.91 Å². The number of carbonyl (C=O) groups excluding carboxylic acids is 2. The SMILES string of the molecule is COc1ccc(-c2csc(NC(=O)COC(=O)c3ccc(S(=O)(=O)N4CCCCCC4)cc3)n2)cc1OC. The predicted molar refractivity (Wildman–Crippen MR) is 143 cm³/mol. The number of esters is 1. The highest BCUT2D eigenvalue weighted by Gasteiger charge is 2.25. The van der Waals surface area contributed by atoms with Crippen molar-refractivity contribution >= 4 is 38.4 Å². The molecule has 0 radical (unpaired) electrons. The number of ether oxygens (including phenoxy) is 3. The molecule has 0 bridgehead atoms. The van der Waals surface area contributed by atoms with E-state index in [1.165, 1.54) is 39.9 Å². The summed E-state index contributed by atoms with van der Waals surface area (Å²) in [5.41, 5.74) is 1.57. The Labute approximate surface area is 225 Å². The molecule has 38 heavy (non-hydrogen) atoms. The highest BCUT2D eigenvalue weighted by Crippen LogP contribution is 2.33. The normalized spacial score (nSPS) is 14.4. The monoisotopic (exact) mass is 559 g/mol. The molecule has 1 aliphatic heterocycles. The van der Waals surface area contributed by atoms with Crippen molar-refractivity contribution < 1.29 is 32.2 Å². The van der Waals surface area contributed by atoms with Crippen LogP contribution in [0.2, 0.25) is 0 Å². The van der Waals surface area contributed by atoms with E-state index >= 15 is 0 Å². The van der Waals surface area contributed by atoms with E-state index in [4.69, 9.17) is 14.2 Å². The molecule has 0 unspecified atom stereocenters. The molecule has 0 spiro atoms. The predicted octanol–water partition coefficient (Wildman–Crippen LogP) is 4.19. The van der Waals surface area contributed by atoms with E-state index in [2.05, 4.69) is 10.3 Å². The van der Waals surface area contributed by atoms with E-state index in [1.54, 1.807) is 31.7 Å². The molecule has 1 aromatic heterocycles. The van der Waals surface area contributed by atoms with Gasteiger partial charge in [0.2, 0.25) is 10.0 Å².